The first-order valence-corrected chi connectivity index (χ1v) is 5.31. The Bertz CT molecular complexity index is 333. The molecule has 4 N–H and O–H groups in total. The van der Waals surface area contributed by atoms with Crippen molar-refractivity contribution in [1.29, 1.82) is 0 Å². The molecule has 0 saturated heterocycles. The summed E-state index contributed by atoms with van der Waals surface area (Å²) in [5, 5.41) is 12.2. The molecule has 0 saturated carbocycles. The van der Waals surface area contributed by atoms with Gasteiger partial charge in [0.25, 0.3) is 0 Å². The van der Waals surface area contributed by atoms with E-state index in [9.17, 15) is 9.90 Å². The second-order valence-corrected chi connectivity index (χ2v) is 3.80. The molecule has 1 aromatic rings. The van der Waals surface area contributed by atoms with Gasteiger partial charge in [-0.15, -0.1) is 12.4 Å². The predicted molar refractivity (Wildman–Crippen MR) is 70.1 cm³/mol. The maximum absolute atomic E-state index is 11.1. The molecule has 0 bridgehead atoms. The number of nitrogens with one attached hydrogen (secondary N) is 1. The molecule has 96 valence electrons. The quantitative estimate of drug-likeness (QED) is 0.719. The molecule has 0 heterocycles. The molecule has 0 radical (unpaired) electrons. The molecule has 1 rings (SSSR count). The van der Waals surface area contributed by atoms with E-state index in [1.807, 2.05) is 30.3 Å². The highest BCUT2D eigenvalue weighted by Gasteiger charge is 2.17. The molecule has 0 spiro atoms. The number of hydrogen-bond donors (Lipinski definition) is 3. The van der Waals surface area contributed by atoms with Crippen molar-refractivity contribution in [3.05, 3.63) is 35.9 Å². The maximum Gasteiger partial charge on any atom is 0.222 e. The average molecular weight is 259 g/mol. The van der Waals surface area contributed by atoms with Crippen LogP contribution in [0.3, 0.4) is 0 Å². The van der Waals surface area contributed by atoms with Gasteiger partial charge >= 0.3 is 0 Å². The zero-order valence-corrected chi connectivity index (χ0v) is 10.6. The van der Waals surface area contributed by atoms with E-state index in [1.54, 1.807) is 0 Å². The number of aliphatic hydroxyl groups excluding tert-OH is 1. The zero-order chi connectivity index (χ0) is 12.0. The lowest BCUT2D eigenvalue weighted by Crippen LogP contribution is -2.39. The van der Waals surface area contributed by atoms with Gasteiger partial charge in [0, 0.05) is 13.1 Å². The van der Waals surface area contributed by atoms with Gasteiger partial charge in [0.1, 0.15) is 0 Å². The molecule has 1 amide bonds. The fourth-order valence-electron chi connectivity index (χ4n) is 1.47. The van der Waals surface area contributed by atoms with Gasteiger partial charge < -0.3 is 16.2 Å². The number of aliphatic hydroxyl groups is 1. The van der Waals surface area contributed by atoms with Crippen molar-refractivity contribution in [2.24, 2.45) is 5.73 Å². The first-order chi connectivity index (χ1) is 7.63. The van der Waals surface area contributed by atoms with Crippen LogP contribution in [0.15, 0.2) is 30.3 Å². The number of amides is 1. The van der Waals surface area contributed by atoms with E-state index in [4.69, 9.17) is 5.73 Å². The lowest BCUT2D eigenvalue weighted by Gasteiger charge is -2.18. The Balaban J connectivity index is 0.00000256. The van der Waals surface area contributed by atoms with Crippen LogP contribution < -0.4 is 11.1 Å². The molecule has 0 fully saturated rings. The summed E-state index contributed by atoms with van der Waals surface area (Å²) in [4.78, 5) is 11.1. The molecule has 0 unspecified atom stereocenters. The number of rotatable bonds is 5. The summed E-state index contributed by atoms with van der Waals surface area (Å²) in [5.41, 5.74) is 6.88. The molecule has 0 aliphatic carbocycles. The van der Waals surface area contributed by atoms with Crippen molar-refractivity contribution in [3.8, 4) is 0 Å². The number of nitrogens with two attached hydrogens (primary N) is 1. The summed E-state index contributed by atoms with van der Waals surface area (Å²) < 4.78 is 0. The number of halogens is 1. The Kier molecular flexibility index (Phi) is 7.54. The first kappa shape index (κ1) is 15.9. The third-order valence-electron chi connectivity index (χ3n) is 2.48. The number of hydrogen-bond acceptors (Lipinski definition) is 3. The third-order valence-corrected chi connectivity index (χ3v) is 2.48. The smallest absolute Gasteiger partial charge is 0.222 e. The lowest BCUT2D eigenvalue weighted by molar-refractivity contribution is -0.122. The van der Waals surface area contributed by atoms with Gasteiger partial charge in [0.15, 0.2) is 0 Å². The van der Waals surface area contributed by atoms with E-state index in [2.05, 4.69) is 5.32 Å². The van der Waals surface area contributed by atoms with Crippen LogP contribution >= 0.6 is 12.4 Å². The van der Waals surface area contributed by atoms with Crippen LogP contribution in [-0.2, 0) is 11.2 Å². The minimum Gasteiger partial charge on any atom is -0.391 e. The predicted octanol–water partition coefficient (Wildman–Crippen LogP) is 0.475. The van der Waals surface area contributed by atoms with E-state index in [-0.39, 0.29) is 24.7 Å². The highest BCUT2D eigenvalue weighted by atomic mass is 35.5. The van der Waals surface area contributed by atoms with Gasteiger partial charge in [-0.1, -0.05) is 30.3 Å². The van der Waals surface area contributed by atoms with Crippen molar-refractivity contribution in [1.82, 2.24) is 5.32 Å². The molecular weight excluding hydrogens is 240 g/mol. The van der Waals surface area contributed by atoms with E-state index < -0.39 is 12.1 Å². The molecule has 4 nitrogen and oxygen atoms in total. The first-order valence-electron chi connectivity index (χ1n) is 5.31. The summed E-state index contributed by atoms with van der Waals surface area (Å²) in [6.07, 6.45) is -0.191. The number of carbonyl (C=O) groups excluding carboxylic acids is 1. The average Bonchev–Trinajstić information content (AvgIpc) is 2.30. The standard InChI is InChI=1S/C12H18N2O2.ClH/c1-14-12(16)8-11(15)10(13)7-9-5-3-2-4-6-9;/h2-6,10-11,15H,7-8,13H2,1H3,(H,14,16);1H/t10-,11-;/m0./s1. The van der Waals surface area contributed by atoms with Crippen LogP contribution in [0.4, 0.5) is 0 Å². The SMILES string of the molecule is CNC(=O)C[C@H](O)[C@@H](N)Cc1ccccc1.Cl. The van der Waals surface area contributed by atoms with Crippen LogP contribution in [0.25, 0.3) is 0 Å². The molecular formula is C12H19ClN2O2. The van der Waals surface area contributed by atoms with Crippen LogP contribution in [-0.4, -0.2) is 30.2 Å². The van der Waals surface area contributed by atoms with Crippen LogP contribution in [0, 0.1) is 0 Å². The molecule has 1 aromatic carbocycles. The largest absolute Gasteiger partial charge is 0.391 e. The monoisotopic (exact) mass is 258 g/mol. The van der Waals surface area contributed by atoms with Gasteiger partial charge in [-0.2, -0.15) is 0 Å². The highest BCUT2D eigenvalue weighted by Crippen LogP contribution is 2.06. The molecule has 5 heteroatoms. The third kappa shape index (κ3) is 5.68. The van der Waals surface area contributed by atoms with Crippen LogP contribution in [0.5, 0.6) is 0 Å². The van der Waals surface area contributed by atoms with Gasteiger partial charge in [0.2, 0.25) is 5.91 Å². The van der Waals surface area contributed by atoms with Crippen molar-refractivity contribution >= 4 is 18.3 Å². The summed E-state index contributed by atoms with van der Waals surface area (Å²) in [6.45, 7) is 0. The maximum atomic E-state index is 11.1. The second kappa shape index (κ2) is 8.06. The van der Waals surface area contributed by atoms with Gasteiger partial charge in [-0.25, -0.2) is 0 Å². The van der Waals surface area contributed by atoms with E-state index in [0.717, 1.165) is 5.56 Å². The molecule has 0 aliphatic heterocycles. The Morgan fingerprint density at radius 1 is 1.41 bits per heavy atom. The lowest BCUT2D eigenvalue weighted by atomic mass is 10.00. The van der Waals surface area contributed by atoms with Gasteiger partial charge in [-0.3, -0.25) is 4.79 Å². The summed E-state index contributed by atoms with van der Waals surface area (Å²) in [6, 6.07) is 9.26. The Hall–Kier alpha value is -1.10. The Morgan fingerprint density at radius 3 is 2.53 bits per heavy atom. The minimum absolute atomic E-state index is 0. The van der Waals surface area contributed by atoms with Crippen molar-refractivity contribution in [3.63, 3.8) is 0 Å². The van der Waals surface area contributed by atoms with Crippen molar-refractivity contribution in [2.75, 3.05) is 7.05 Å². The fraction of sp³-hybridized carbons (Fsp3) is 0.417. The number of benzene rings is 1. The highest BCUT2D eigenvalue weighted by molar-refractivity contribution is 5.85. The fourth-order valence-corrected chi connectivity index (χ4v) is 1.47. The van der Waals surface area contributed by atoms with Crippen molar-refractivity contribution < 1.29 is 9.90 Å². The van der Waals surface area contributed by atoms with Gasteiger partial charge in [0.05, 0.1) is 12.5 Å². The summed E-state index contributed by atoms with van der Waals surface area (Å²) in [7, 11) is 1.54. The van der Waals surface area contributed by atoms with Gasteiger partial charge in [-0.05, 0) is 12.0 Å². The van der Waals surface area contributed by atoms with E-state index >= 15 is 0 Å². The molecule has 0 aliphatic rings. The summed E-state index contributed by atoms with van der Waals surface area (Å²) >= 11 is 0. The minimum atomic E-state index is -0.805. The zero-order valence-electron chi connectivity index (χ0n) is 9.80. The second-order valence-electron chi connectivity index (χ2n) is 3.80. The normalized spacial score (nSPS) is 13.4. The Labute approximate surface area is 108 Å². The molecule has 2 atom stereocenters. The molecule has 17 heavy (non-hydrogen) atoms. The van der Waals surface area contributed by atoms with Crippen LogP contribution in [0.1, 0.15) is 12.0 Å². The summed E-state index contributed by atoms with van der Waals surface area (Å²) in [5.74, 6) is -0.198. The van der Waals surface area contributed by atoms with Crippen molar-refractivity contribution in [2.45, 2.75) is 25.0 Å². The Morgan fingerprint density at radius 2 is 2.00 bits per heavy atom. The number of carbonyl (C=O) groups is 1. The molecule has 0 aromatic heterocycles. The van der Waals surface area contributed by atoms with E-state index in [1.165, 1.54) is 7.05 Å². The topological polar surface area (TPSA) is 75.3 Å². The van der Waals surface area contributed by atoms with Crippen LogP contribution in [0.2, 0.25) is 0 Å². The van der Waals surface area contributed by atoms with E-state index in [0.29, 0.717) is 6.42 Å².